The second-order valence-corrected chi connectivity index (χ2v) is 5.49. The molecule has 0 unspecified atom stereocenters. The average Bonchev–Trinajstić information content (AvgIpc) is 3.12. The molecule has 0 saturated carbocycles. The lowest BCUT2D eigenvalue weighted by Crippen LogP contribution is -1.95. The number of nitrogens with two attached hydrogens (primary N) is 1. The minimum atomic E-state index is 0.333. The summed E-state index contributed by atoms with van der Waals surface area (Å²) < 4.78 is 1.80. The third kappa shape index (κ3) is 4.20. The number of hydrogen-bond acceptors (Lipinski definition) is 4. The highest BCUT2D eigenvalue weighted by Gasteiger charge is 2.07. The van der Waals surface area contributed by atoms with Gasteiger partial charge in [-0.05, 0) is 18.4 Å². The molecular formula is C16H17ClN6. The summed E-state index contributed by atoms with van der Waals surface area (Å²) in [6.07, 6.45) is 7.48. The Morgan fingerprint density at radius 1 is 1.22 bits per heavy atom. The third-order valence-electron chi connectivity index (χ3n) is 3.37. The van der Waals surface area contributed by atoms with Crippen LogP contribution in [0.2, 0.25) is 5.15 Å². The molecule has 0 spiro atoms. The first kappa shape index (κ1) is 15.3. The molecule has 0 bridgehead atoms. The minimum absolute atomic E-state index is 0.333. The van der Waals surface area contributed by atoms with Crippen LogP contribution in [0.15, 0.2) is 42.6 Å². The number of aromatic amines is 1. The first-order valence-electron chi connectivity index (χ1n) is 7.31. The van der Waals surface area contributed by atoms with Crippen LogP contribution in [0, 0.1) is 0 Å². The molecule has 3 rings (SSSR count). The number of nitrogen functional groups attached to an aromatic ring is 1. The summed E-state index contributed by atoms with van der Waals surface area (Å²) in [4.78, 5) is 6.88. The molecule has 0 saturated heterocycles. The van der Waals surface area contributed by atoms with Gasteiger partial charge in [-0.15, -0.1) is 5.10 Å². The summed E-state index contributed by atoms with van der Waals surface area (Å²) in [5, 5.41) is 8.70. The lowest BCUT2D eigenvalue weighted by Gasteiger charge is -1.95. The van der Waals surface area contributed by atoms with Crippen molar-refractivity contribution in [2.24, 2.45) is 0 Å². The fourth-order valence-electron chi connectivity index (χ4n) is 2.23. The summed E-state index contributed by atoms with van der Waals surface area (Å²) in [6, 6.07) is 10.1. The molecule has 118 valence electrons. The number of nitrogens with zero attached hydrogens (tertiary/aromatic N) is 4. The quantitative estimate of drug-likeness (QED) is 0.728. The monoisotopic (exact) mass is 328 g/mol. The first-order chi connectivity index (χ1) is 11.2. The van der Waals surface area contributed by atoms with Crippen LogP contribution in [0.1, 0.15) is 17.0 Å². The molecule has 0 amide bonds. The number of allylic oxidation sites excluding steroid dienone is 1. The number of benzene rings is 1. The van der Waals surface area contributed by atoms with Crippen LogP contribution in [0.25, 0.3) is 6.08 Å². The number of imidazole rings is 1. The summed E-state index contributed by atoms with van der Waals surface area (Å²) in [5.41, 5.74) is 8.46. The lowest BCUT2D eigenvalue weighted by atomic mass is 10.2. The Kier molecular flexibility index (Phi) is 4.73. The molecule has 7 heteroatoms. The average molecular weight is 329 g/mol. The van der Waals surface area contributed by atoms with E-state index in [1.54, 1.807) is 4.68 Å². The molecule has 23 heavy (non-hydrogen) atoms. The molecular weight excluding hydrogens is 312 g/mol. The Bertz CT molecular complexity index is 790. The first-order valence-corrected chi connectivity index (χ1v) is 7.69. The Labute approximate surface area is 139 Å². The van der Waals surface area contributed by atoms with Crippen LogP contribution in [-0.2, 0) is 19.4 Å². The van der Waals surface area contributed by atoms with E-state index in [9.17, 15) is 0 Å². The second-order valence-electron chi connectivity index (χ2n) is 5.14. The highest BCUT2D eigenvalue weighted by Crippen LogP contribution is 2.15. The van der Waals surface area contributed by atoms with Crippen molar-refractivity contribution >= 4 is 23.6 Å². The van der Waals surface area contributed by atoms with Gasteiger partial charge in [0.25, 0.3) is 0 Å². The largest absolute Gasteiger partial charge is 0.369 e. The topological polar surface area (TPSA) is 85.4 Å². The third-order valence-corrected chi connectivity index (χ3v) is 3.68. The Balaban J connectivity index is 1.54. The van der Waals surface area contributed by atoms with E-state index < -0.39 is 0 Å². The minimum Gasteiger partial charge on any atom is -0.369 e. The smallest absolute Gasteiger partial charge is 0.199 e. The second kappa shape index (κ2) is 7.11. The zero-order valence-electron chi connectivity index (χ0n) is 12.5. The zero-order chi connectivity index (χ0) is 16.1. The van der Waals surface area contributed by atoms with Crippen molar-refractivity contribution in [1.29, 1.82) is 0 Å². The Morgan fingerprint density at radius 2 is 2.04 bits per heavy atom. The van der Waals surface area contributed by atoms with Crippen LogP contribution in [-0.4, -0.2) is 25.0 Å². The van der Waals surface area contributed by atoms with Crippen molar-refractivity contribution in [1.82, 2.24) is 25.0 Å². The Morgan fingerprint density at radius 3 is 2.78 bits per heavy atom. The molecule has 0 aliphatic heterocycles. The maximum atomic E-state index is 5.97. The molecule has 0 radical (unpaired) electrons. The van der Waals surface area contributed by atoms with Crippen LogP contribution in [0.5, 0.6) is 0 Å². The molecule has 6 nitrogen and oxygen atoms in total. The predicted octanol–water partition coefficient (Wildman–Crippen LogP) is 2.74. The summed E-state index contributed by atoms with van der Waals surface area (Å²) in [5.74, 6) is 0.333. The lowest BCUT2D eigenvalue weighted by molar-refractivity contribution is 0.662. The van der Waals surface area contributed by atoms with Crippen molar-refractivity contribution < 1.29 is 0 Å². The molecule has 0 fully saturated rings. The molecule has 0 aliphatic carbocycles. The maximum Gasteiger partial charge on any atom is 0.199 e. The number of rotatable bonds is 6. The normalized spacial score (nSPS) is 11.3. The van der Waals surface area contributed by atoms with Crippen LogP contribution < -0.4 is 5.73 Å². The van der Waals surface area contributed by atoms with Crippen LogP contribution in [0.4, 0.5) is 5.95 Å². The van der Waals surface area contributed by atoms with E-state index >= 15 is 0 Å². The highest BCUT2D eigenvalue weighted by molar-refractivity contribution is 6.30. The van der Waals surface area contributed by atoms with Crippen LogP contribution >= 0.6 is 11.6 Å². The standard InChI is InChI=1S/C16H17ClN6/c17-15-14(19-16(18)20-15)9-8-13-11-23(22-21-13)10-4-7-12-5-2-1-3-6-12/h1-7,11H,8-10H2,(H3,18,19,20)/b7-4+. The van der Waals surface area contributed by atoms with E-state index in [0.29, 0.717) is 24.1 Å². The summed E-state index contributed by atoms with van der Waals surface area (Å²) >= 11 is 5.97. The van der Waals surface area contributed by atoms with Gasteiger partial charge >= 0.3 is 0 Å². The summed E-state index contributed by atoms with van der Waals surface area (Å²) in [7, 11) is 0. The predicted molar refractivity (Wildman–Crippen MR) is 90.9 cm³/mol. The molecule has 0 aliphatic rings. The highest BCUT2D eigenvalue weighted by atomic mass is 35.5. The number of aromatic nitrogens is 5. The van der Waals surface area contributed by atoms with Gasteiger partial charge in [0.2, 0.25) is 0 Å². The number of aryl methyl sites for hydroxylation is 2. The van der Waals surface area contributed by atoms with Gasteiger partial charge in [-0.1, -0.05) is 59.3 Å². The maximum absolute atomic E-state index is 5.97. The van der Waals surface area contributed by atoms with Gasteiger partial charge < -0.3 is 10.7 Å². The number of H-pyrrole nitrogens is 1. The number of hydrogen-bond donors (Lipinski definition) is 2. The fourth-order valence-corrected chi connectivity index (χ4v) is 2.46. The molecule has 2 heterocycles. The SMILES string of the molecule is Nc1nc(Cl)c(CCc2cn(C/C=C/c3ccccc3)nn2)[nH]1. The summed E-state index contributed by atoms with van der Waals surface area (Å²) in [6.45, 7) is 0.680. The van der Waals surface area contributed by atoms with Gasteiger partial charge in [-0.25, -0.2) is 9.67 Å². The van der Waals surface area contributed by atoms with Gasteiger partial charge in [0.15, 0.2) is 11.1 Å². The van der Waals surface area contributed by atoms with Gasteiger partial charge in [-0.3, -0.25) is 0 Å². The van der Waals surface area contributed by atoms with Gasteiger partial charge in [-0.2, -0.15) is 0 Å². The van der Waals surface area contributed by atoms with Crippen molar-refractivity contribution in [2.45, 2.75) is 19.4 Å². The van der Waals surface area contributed by atoms with E-state index in [0.717, 1.165) is 17.8 Å². The molecule has 1 aromatic carbocycles. The van der Waals surface area contributed by atoms with Gasteiger partial charge in [0.1, 0.15) is 0 Å². The van der Waals surface area contributed by atoms with E-state index in [1.807, 2.05) is 24.4 Å². The van der Waals surface area contributed by atoms with Crippen LogP contribution in [0.3, 0.4) is 0 Å². The van der Waals surface area contributed by atoms with Gasteiger partial charge in [0, 0.05) is 6.20 Å². The van der Waals surface area contributed by atoms with E-state index in [4.69, 9.17) is 17.3 Å². The molecule has 2 aromatic heterocycles. The molecule has 0 atom stereocenters. The number of halogens is 1. The van der Waals surface area contributed by atoms with Crippen molar-refractivity contribution in [3.8, 4) is 0 Å². The van der Waals surface area contributed by atoms with E-state index in [2.05, 4.69) is 44.6 Å². The van der Waals surface area contributed by atoms with Crippen molar-refractivity contribution in [3.63, 3.8) is 0 Å². The number of anilines is 1. The zero-order valence-corrected chi connectivity index (χ0v) is 13.2. The Hall–Kier alpha value is -2.60. The fraction of sp³-hybridized carbons (Fsp3) is 0.188. The number of nitrogens with one attached hydrogen (secondary N) is 1. The van der Waals surface area contributed by atoms with E-state index in [-0.39, 0.29) is 0 Å². The molecule has 3 aromatic rings. The molecule has 3 N–H and O–H groups in total. The van der Waals surface area contributed by atoms with Crippen molar-refractivity contribution in [3.05, 3.63) is 64.7 Å². The van der Waals surface area contributed by atoms with Gasteiger partial charge in [0.05, 0.1) is 17.9 Å². The van der Waals surface area contributed by atoms with E-state index in [1.165, 1.54) is 5.56 Å². The van der Waals surface area contributed by atoms with Crippen molar-refractivity contribution in [2.75, 3.05) is 5.73 Å².